The van der Waals surface area contributed by atoms with Gasteiger partial charge in [0.15, 0.2) is 0 Å². The average Bonchev–Trinajstić information content (AvgIpc) is 2.42. The minimum atomic E-state index is -0.910. The minimum absolute atomic E-state index is 0.175. The maximum absolute atomic E-state index is 12.1. The van der Waals surface area contributed by atoms with Gasteiger partial charge in [0.05, 0.1) is 26.2 Å². The van der Waals surface area contributed by atoms with E-state index in [1.807, 2.05) is 13.8 Å². The third-order valence-corrected chi connectivity index (χ3v) is 3.87. The van der Waals surface area contributed by atoms with Gasteiger partial charge < -0.3 is 14.2 Å². The summed E-state index contributed by atoms with van der Waals surface area (Å²) in [6, 6.07) is 0. The predicted octanol–water partition coefficient (Wildman–Crippen LogP) is 2.08. The Balaban J connectivity index is 5.12. The molecule has 122 valence electrons. The van der Waals surface area contributed by atoms with Gasteiger partial charge in [0.25, 0.3) is 6.47 Å². The molecular weight excluding hydrogens is 344 g/mol. The molecule has 0 N–H and O–H groups in total. The molecule has 0 spiro atoms. The SMILES string of the molecule is COC(=O)C(Br)CC(C)(CC(C)(C)COC=O)C(=O)OC. The first kappa shape index (κ1) is 19.9. The highest BCUT2D eigenvalue weighted by Crippen LogP contribution is 2.40. The predicted molar refractivity (Wildman–Crippen MR) is 79.9 cm³/mol. The normalized spacial score (nSPS) is 15.5. The van der Waals surface area contributed by atoms with Crippen LogP contribution in [-0.2, 0) is 28.6 Å². The lowest BCUT2D eigenvalue weighted by molar-refractivity contribution is -0.155. The molecule has 0 bridgehead atoms. The molecule has 0 radical (unpaired) electrons. The number of methoxy groups -OCH3 is 2. The number of carbonyl (C=O) groups is 3. The highest BCUT2D eigenvalue weighted by Gasteiger charge is 2.42. The van der Waals surface area contributed by atoms with Crippen LogP contribution in [0.3, 0.4) is 0 Å². The van der Waals surface area contributed by atoms with Crippen molar-refractivity contribution < 1.29 is 28.6 Å². The molecule has 0 aromatic heterocycles. The molecule has 0 aliphatic carbocycles. The van der Waals surface area contributed by atoms with Gasteiger partial charge in [-0.1, -0.05) is 29.8 Å². The average molecular weight is 367 g/mol. The molecular formula is C14H23BrO6. The fraction of sp³-hybridized carbons (Fsp3) is 0.786. The van der Waals surface area contributed by atoms with Crippen LogP contribution in [0.25, 0.3) is 0 Å². The molecule has 0 aromatic rings. The number of ether oxygens (including phenoxy) is 3. The van der Waals surface area contributed by atoms with Crippen LogP contribution in [-0.4, -0.2) is 44.1 Å². The number of hydrogen-bond donors (Lipinski definition) is 0. The van der Waals surface area contributed by atoms with Crippen molar-refractivity contribution in [2.45, 2.75) is 38.4 Å². The maximum atomic E-state index is 12.1. The summed E-state index contributed by atoms with van der Waals surface area (Å²) in [5, 5.41) is 0. The lowest BCUT2D eigenvalue weighted by atomic mass is 9.72. The molecule has 21 heavy (non-hydrogen) atoms. The van der Waals surface area contributed by atoms with Crippen molar-refractivity contribution in [1.82, 2.24) is 0 Å². The van der Waals surface area contributed by atoms with E-state index in [2.05, 4.69) is 20.7 Å². The van der Waals surface area contributed by atoms with Crippen LogP contribution in [0.15, 0.2) is 0 Å². The van der Waals surface area contributed by atoms with E-state index < -0.39 is 27.6 Å². The van der Waals surface area contributed by atoms with Crippen LogP contribution < -0.4 is 0 Å². The van der Waals surface area contributed by atoms with Crippen molar-refractivity contribution in [2.24, 2.45) is 10.8 Å². The summed E-state index contributed by atoms with van der Waals surface area (Å²) in [7, 11) is 2.59. The van der Waals surface area contributed by atoms with Crippen molar-refractivity contribution in [2.75, 3.05) is 20.8 Å². The molecule has 0 fully saturated rings. The van der Waals surface area contributed by atoms with E-state index in [0.29, 0.717) is 12.9 Å². The molecule has 0 aromatic carbocycles. The highest BCUT2D eigenvalue weighted by molar-refractivity contribution is 9.10. The Morgan fingerprint density at radius 1 is 1.19 bits per heavy atom. The summed E-state index contributed by atoms with van der Waals surface area (Å²) in [4.78, 5) is 33.4. The lowest BCUT2D eigenvalue weighted by Gasteiger charge is -2.35. The van der Waals surface area contributed by atoms with Crippen molar-refractivity contribution in [1.29, 1.82) is 0 Å². The molecule has 2 unspecified atom stereocenters. The van der Waals surface area contributed by atoms with Gasteiger partial charge in [-0.05, 0) is 19.8 Å². The zero-order valence-corrected chi connectivity index (χ0v) is 14.7. The van der Waals surface area contributed by atoms with Crippen molar-refractivity contribution in [3.63, 3.8) is 0 Å². The second kappa shape index (κ2) is 8.36. The van der Waals surface area contributed by atoms with Gasteiger partial charge in [0.2, 0.25) is 0 Å². The van der Waals surface area contributed by atoms with Crippen LogP contribution in [0.1, 0.15) is 33.6 Å². The second-order valence-electron chi connectivity index (χ2n) is 6.00. The topological polar surface area (TPSA) is 78.9 Å². The fourth-order valence-electron chi connectivity index (χ4n) is 2.45. The van der Waals surface area contributed by atoms with E-state index in [0.717, 1.165) is 0 Å². The molecule has 0 saturated heterocycles. The Kier molecular flexibility index (Phi) is 7.92. The Morgan fingerprint density at radius 3 is 2.19 bits per heavy atom. The summed E-state index contributed by atoms with van der Waals surface area (Å²) in [6.45, 7) is 6.02. The number of carbonyl (C=O) groups excluding carboxylic acids is 3. The smallest absolute Gasteiger partial charge is 0.319 e. The molecule has 6 nitrogen and oxygen atoms in total. The summed E-state index contributed by atoms with van der Waals surface area (Å²) >= 11 is 3.23. The monoisotopic (exact) mass is 366 g/mol. The number of halogens is 1. The Hall–Kier alpha value is -1.11. The molecule has 7 heteroatoms. The van der Waals surface area contributed by atoms with Crippen LogP contribution in [0.5, 0.6) is 0 Å². The van der Waals surface area contributed by atoms with Gasteiger partial charge in [-0.15, -0.1) is 0 Å². The third-order valence-electron chi connectivity index (χ3n) is 3.18. The number of alkyl halides is 1. The molecule has 2 atom stereocenters. The van der Waals surface area contributed by atoms with E-state index in [1.165, 1.54) is 14.2 Å². The van der Waals surface area contributed by atoms with Crippen molar-refractivity contribution >= 4 is 34.3 Å². The van der Waals surface area contributed by atoms with Crippen molar-refractivity contribution in [3.8, 4) is 0 Å². The van der Waals surface area contributed by atoms with Gasteiger partial charge in [0.1, 0.15) is 4.83 Å². The van der Waals surface area contributed by atoms with Gasteiger partial charge in [-0.3, -0.25) is 14.4 Å². The Morgan fingerprint density at radius 2 is 1.76 bits per heavy atom. The van der Waals surface area contributed by atoms with Crippen LogP contribution in [0.4, 0.5) is 0 Å². The fourth-order valence-corrected chi connectivity index (χ4v) is 3.35. The quantitative estimate of drug-likeness (QED) is 0.269. The highest BCUT2D eigenvalue weighted by atomic mass is 79.9. The first-order chi connectivity index (χ1) is 9.61. The molecule has 0 aliphatic rings. The summed E-state index contributed by atoms with van der Waals surface area (Å²) in [5.41, 5.74) is -1.35. The second-order valence-corrected chi connectivity index (χ2v) is 7.10. The van der Waals surface area contributed by atoms with Gasteiger partial charge in [-0.25, -0.2) is 0 Å². The minimum Gasteiger partial charge on any atom is -0.469 e. The van der Waals surface area contributed by atoms with E-state index >= 15 is 0 Å². The standard InChI is InChI=1S/C14H23BrO6/c1-13(2,8-21-9-16)7-14(3,12(18)20-5)6-10(15)11(17)19-4/h9-10H,6-8H2,1-5H3. The van der Waals surface area contributed by atoms with E-state index in [4.69, 9.17) is 9.47 Å². The van der Waals surface area contributed by atoms with Crippen LogP contribution in [0, 0.1) is 10.8 Å². The zero-order valence-electron chi connectivity index (χ0n) is 13.1. The van der Waals surface area contributed by atoms with Gasteiger partial charge >= 0.3 is 11.9 Å². The number of hydrogen-bond acceptors (Lipinski definition) is 6. The zero-order chi connectivity index (χ0) is 16.7. The van der Waals surface area contributed by atoms with Crippen LogP contribution in [0.2, 0.25) is 0 Å². The maximum Gasteiger partial charge on any atom is 0.319 e. The first-order valence-electron chi connectivity index (χ1n) is 6.47. The first-order valence-corrected chi connectivity index (χ1v) is 7.39. The lowest BCUT2D eigenvalue weighted by Crippen LogP contribution is -2.39. The molecule has 0 amide bonds. The molecule has 0 saturated carbocycles. The number of esters is 2. The summed E-state index contributed by atoms with van der Waals surface area (Å²) in [5.74, 6) is -0.873. The summed E-state index contributed by atoms with van der Waals surface area (Å²) < 4.78 is 14.3. The van der Waals surface area contributed by atoms with Crippen LogP contribution >= 0.6 is 15.9 Å². The van der Waals surface area contributed by atoms with Gasteiger partial charge in [0, 0.05) is 5.41 Å². The van der Waals surface area contributed by atoms with E-state index in [-0.39, 0.29) is 13.0 Å². The summed E-state index contributed by atoms with van der Waals surface area (Å²) in [6.07, 6.45) is 0.608. The molecule has 0 heterocycles. The van der Waals surface area contributed by atoms with E-state index in [1.54, 1.807) is 6.92 Å². The third kappa shape index (κ3) is 6.46. The van der Waals surface area contributed by atoms with E-state index in [9.17, 15) is 14.4 Å². The molecule has 0 rings (SSSR count). The molecule has 0 aliphatic heterocycles. The van der Waals surface area contributed by atoms with Crippen molar-refractivity contribution in [3.05, 3.63) is 0 Å². The largest absolute Gasteiger partial charge is 0.469 e. The van der Waals surface area contributed by atoms with Gasteiger partial charge in [-0.2, -0.15) is 0 Å². The number of rotatable bonds is 9. The Labute approximate surface area is 133 Å². The Bertz CT molecular complexity index is 382.